The van der Waals surface area contributed by atoms with Gasteiger partial charge in [0.05, 0.1) is 5.56 Å². The standard InChI is InChI=1S/C25H19BrF3NO2/c26-18-13-16(12-17(14-18)25(27,28)29)6-5-11-30-24(31)32-15-23-21-9-3-1-7-19(21)20-8-2-4-10-22(20)23/h1-10,12-14,23H,11,15H2,(H,30,31). The fourth-order valence-corrected chi connectivity index (χ4v) is 4.37. The maximum Gasteiger partial charge on any atom is 0.416 e. The minimum Gasteiger partial charge on any atom is -0.449 e. The van der Waals surface area contributed by atoms with Crippen molar-refractivity contribution in [2.45, 2.75) is 12.1 Å². The number of carbonyl (C=O) groups excluding carboxylic acids is 1. The van der Waals surface area contributed by atoms with Crippen LogP contribution in [-0.4, -0.2) is 19.2 Å². The molecule has 1 N–H and O–H groups in total. The summed E-state index contributed by atoms with van der Waals surface area (Å²) in [7, 11) is 0. The number of alkyl carbamates (subject to hydrolysis) is 1. The molecule has 1 amide bonds. The van der Waals surface area contributed by atoms with E-state index in [1.165, 1.54) is 6.08 Å². The van der Waals surface area contributed by atoms with Crippen LogP contribution < -0.4 is 5.32 Å². The Labute approximate surface area is 192 Å². The number of rotatable bonds is 5. The largest absolute Gasteiger partial charge is 0.449 e. The van der Waals surface area contributed by atoms with Crippen molar-refractivity contribution in [3.8, 4) is 11.1 Å². The third kappa shape index (κ3) is 4.88. The molecule has 164 valence electrons. The van der Waals surface area contributed by atoms with Gasteiger partial charge < -0.3 is 10.1 Å². The number of halogens is 4. The highest BCUT2D eigenvalue weighted by Gasteiger charge is 2.31. The van der Waals surface area contributed by atoms with E-state index in [1.54, 1.807) is 12.1 Å². The summed E-state index contributed by atoms with van der Waals surface area (Å²) in [6.07, 6.45) is -1.92. The van der Waals surface area contributed by atoms with E-state index in [4.69, 9.17) is 4.74 Å². The van der Waals surface area contributed by atoms with E-state index in [0.717, 1.165) is 34.4 Å². The molecule has 4 rings (SSSR count). The zero-order valence-electron chi connectivity index (χ0n) is 16.8. The van der Waals surface area contributed by atoms with Crippen LogP contribution in [0, 0.1) is 0 Å². The van der Waals surface area contributed by atoms with E-state index < -0.39 is 17.8 Å². The summed E-state index contributed by atoms with van der Waals surface area (Å²) in [6.45, 7) is 0.328. The van der Waals surface area contributed by atoms with Gasteiger partial charge in [-0.3, -0.25) is 0 Å². The van der Waals surface area contributed by atoms with Crippen LogP contribution in [0.5, 0.6) is 0 Å². The Morgan fingerprint density at radius 3 is 2.25 bits per heavy atom. The second kappa shape index (κ2) is 9.20. The average Bonchev–Trinajstić information content (AvgIpc) is 3.08. The molecule has 0 fully saturated rings. The smallest absolute Gasteiger partial charge is 0.416 e. The zero-order valence-corrected chi connectivity index (χ0v) is 18.4. The molecular weight excluding hydrogens is 483 g/mol. The first-order valence-electron chi connectivity index (χ1n) is 9.96. The molecule has 0 spiro atoms. The Morgan fingerprint density at radius 1 is 1.00 bits per heavy atom. The Kier molecular flexibility index (Phi) is 6.37. The van der Waals surface area contributed by atoms with E-state index >= 15 is 0 Å². The van der Waals surface area contributed by atoms with Crippen molar-refractivity contribution in [3.05, 3.63) is 99.5 Å². The molecule has 3 aromatic carbocycles. The summed E-state index contributed by atoms with van der Waals surface area (Å²) in [6, 6.07) is 19.7. The van der Waals surface area contributed by atoms with Gasteiger partial charge in [0.2, 0.25) is 0 Å². The number of carbonyl (C=O) groups is 1. The molecule has 0 bridgehead atoms. The molecule has 3 aromatic rings. The fraction of sp³-hybridized carbons (Fsp3) is 0.160. The maximum atomic E-state index is 12.9. The third-order valence-electron chi connectivity index (χ3n) is 5.27. The van der Waals surface area contributed by atoms with E-state index in [2.05, 4.69) is 33.4 Å². The van der Waals surface area contributed by atoms with Crippen molar-refractivity contribution in [2.75, 3.05) is 13.2 Å². The predicted octanol–water partition coefficient (Wildman–Crippen LogP) is 7.02. The van der Waals surface area contributed by atoms with Crippen LogP contribution in [0.4, 0.5) is 18.0 Å². The topological polar surface area (TPSA) is 38.3 Å². The molecule has 1 aliphatic carbocycles. The van der Waals surface area contributed by atoms with Gasteiger partial charge in [-0.25, -0.2) is 4.79 Å². The van der Waals surface area contributed by atoms with Crippen LogP contribution in [0.2, 0.25) is 0 Å². The molecule has 0 heterocycles. The molecule has 0 unspecified atom stereocenters. The van der Waals surface area contributed by atoms with Gasteiger partial charge in [-0.05, 0) is 46.0 Å². The lowest BCUT2D eigenvalue weighted by molar-refractivity contribution is -0.137. The lowest BCUT2D eigenvalue weighted by atomic mass is 9.98. The third-order valence-corrected chi connectivity index (χ3v) is 5.72. The van der Waals surface area contributed by atoms with Crippen LogP contribution in [0.3, 0.4) is 0 Å². The second-order valence-corrected chi connectivity index (χ2v) is 8.30. The summed E-state index contributed by atoms with van der Waals surface area (Å²) in [5.74, 6) is -0.0360. The molecular formula is C25H19BrF3NO2. The fourth-order valence-electron chi connectivity index (χ4n) is 3.86. The van der Waals surface area contributed by atoms with Crippen LogP contribution in [-0.2, 0) is 10.9 Å². The van der Waals surface area contributed by atoms with Gasteiger partial charge in [-0.2, -0.15) is 13.2 Å². The summed E-state index contributed by atoms with van der Waals surface area (Å²) in [5.41, 5.74) is 4.17. The molecule has 3 nitrogen and oxygen atoms in total. The molecule has 0 aromatic heterocycles. The number of hydrogen-bond donors (Lipinski definition) is 1. The molecule has 0 atom stereocenters. The molecule has 0 saturated carbocycles. The summed E-state index contributed by atoms with van der Waals surface area (Å²) < 4.78 is 44.5. The Morgan fingerprint density at radius 2 is 1.62 bits per heavy atom. The highest BCUT2D eigenvalue weighted by atomic mass is 79.9. The van der Waals surface area contributed by atoms with Crippen LogP contribution in [0.25, 0.3) is 17.2 Å². The number of fused-ring (bicyclic) bond motifs is 3. The van der Waals surface area contributed by atoms with Crippen molar-refractivity contribution in [1.29, 1.82) is 0 Å². The van der Waals surface area contributed by atoms with Gasteiger partial charge in [0.25, 0.3) is 0 Å². The normalized spacial score (nSPS) is 13.1. The number of amides is 1. The summed E-state index contributed by atoms with van der Waals surface area (Å²) in [4.78, 5) is 12.2. The minimum atomic E-state index is -4.42. The first-order chi connectivity index (χ1) is 15.3. The Balaban J connectivity index is 1.34. The van der Waals surface area contributed by atoms with Crippen molar-refractivity contribution < 1.29 is 22.7 Å². The van der Waals surface area contributed by atoms with E-state index in [0.29, 0.717) is 10.0 Å². The molecule has 0 aliphatic heterocycles. The second-order valence-electron chi connectivity index (χ2n) is 7.38. The van der Waals surface area contributed by atoms with Crippen molar-refractivity contribution in [3.63, 3.8) is 0 Å². The lowest BCUT2D eigenvalue weighted by Gasteiger charge is -2.14. The predicted molar refractivity (Wildman–Crippen MR) is 121 cm³/mol. The van der Waals surface area contributed by atoms with Crippen molar-refractivity contribution in [2.24, 2.45) is 0 Å². The van der Waals surface area contributed by atoms with E-state index in [-0.39, 0.29) is 19.1 Å². The van der Waals surface area contributed by atoms with Crippen molar-refractivity contribution in [1.82, 2.24) is 5.32 Å². The van der Waals surface area contributed by atoms with Crippen LogP contribution >= 0.6 is 15.9 Å². The molecule has 0 saturated heterocycles. The highest BCUT2D eigenvalue weighted by molar-refractivity contribution is 9.10. The number of nitrogens with one attached hydrogen (secondary N) is 1. The molecule has 7 heteroatoms. The van der Waals surface area contributed by atoms with Gasteiger partial charge >= 0.3 is 12.3 Å². The van der Waals surface area contributed by atoms with E-state index in [9.17, 15) is 18.0 Å². The first kappa shape index (κ1) is 22.1. The average molecular weight is 502 g/mol. The minimum absolute atomic E-state index is 0.0360. The Hall–Kier alpha value is -3.06. The molecule has 32 heavy (non-hydrogen) atoms. The SMILES string of the molecule is O=C(NCC=Cc1cc(Br)cc(C(F)(F)F)c1)OCC1c2ccccc2-c2ccccc21. The van der Waals surface area contributed by atoms with Gasteiger partial charge in [0, 0.05) is 16.9 Å². The lowest BCUT2D eigenvalue weighted by Crippen LogP contribution is -2.26. The summed E-state index contributed by atoms with van der Waals surface area (Å²) in [5, 5.41) is 2.60. The van der Waals surface area contributed by atoms with E-state index in [1.807, 2.05) is 36.4 Å². The first-order valence-corrected chi connectivity index (χ1v) is 10.8. The quantitative estimate of drug-likeness (QED) is 0.407. The van der Waals surface area contributed by atoms with Crippen molar-refractivity contribution >= 4 is 28.1 Å². The number of hydrogen-bond acceptors (Lipinski definition) is 2. The monoisotopic (exact) mass is 501 g/mol. The van der Waals surface area contributed by atoms with Crippen LogP contribution in [0.15, 0.2) is 77.3 Å². The highest BCUT2D eigenvalue weighted by Crippen LogP contribution is 2.44. The molecule has 0 radical (unpaired) electrons. The van der Waals surface area contributed by atoms with Gasteiger partial charge in [-0.1, -0.05) is 76.6 Å². The van der Waals surface area contributed by atoms with Gasteiger partial charge in [0.15, 0.2) is 0 Å². The number of benzene rings is 3. The van der Waals surface area contributed by atoms with Crippen LogP contribution in [0.1, 0.15) is 28.2 Å². The Bertz CT molecular complexity index is 1130. The summed E-state index contributed by atoms with van der Waals surface area (Å²) >= 11 is 3.09. The number of alkyl halides is 3. The maximum absolute atomic E-state index is 12.9. The van der Waals surface area contributed by atoms with Gasteiger partial charge in [0.1, 0.15) is 6.61 Å². The number of ether oxygens (including phenoxy) is 1. The zero-order chi connectivity index (χ0) is 22.7. The van der Waals surface area contributed by atoms with Gasteiger partial charge in [-0.15, -0.1) is 0 Å². The molecule has 1 aliphatic rings.